The Labute approximate surface area is 229 Å². The van der Waals surface area contributed by atoms with Crippen LogP contribution in [0.2, 0.25) is 0 Å². The van der Waals surface area contributed by atoms with Gasteiger partial charge in [0.25, 0.3) is 0 Å². The summed E-state index contributed by atoms with van der Waals surface area (Å²) >= 11 is 0. The molecule has 0 aliphatic rings. The summed E-state index contributed by atoms with van der Waals surface area (Å²) in [5, 5.41) is 13.0. The number of benzene rings is 2. The number of aryl methyl sites for hydroxylation is 1. The molecule has 2 aromatic rings. The number of esters is 2. The van der Waals surface area contributed by atoms with Gasteiger partial charge in [0, 0.05) is 32.3 Å². The smallest absolute Gasteiger partial charge is 0.343 e. The maximum absolute atomic E-state index is 12.4. The molecule has 39 heavy (non-hydrogen) atoms. The fraction of sp³-hybridized carbons (Fsp3) is 0.423. The molecule has 0 bridgehead atoms. The maximum atomic E-state index is 12.4. The average molecular weight is 564 g/mol. The summed E-state index contributed by atoms with van der Waals surface area (Å²) in [6.45, 7) is 1.07. The summed E-state index contributed by atoms with van der Waals surface area (Å²) in [5.74, 6) is -1.52. The van der Waals surface area contributed by atoms with Crippen LogP contribution in [0, 0.1) is 5.41 Å². The van der Waals surface area contributed by atoms with Gasteiger partial charge in [-0.3, -0.25) is 5.41 Å². The highest BCUT2D eigenvalue weighted by atomic mass is 32.2. The van der Waals surface area contributed by atoms with Crippen LogP contribution >= 0.6 is 0 Å². The predicted molar refractivity (Wildman–Crippen MR) is 148 cm³/mol. The van der Waals surface area contributed by atoms with E-state index in [4.69, 9.17) is 30.5 Å². The predicted octanol–water partition coefficient (Wildman–Crippen LogP) is 1.29. The first-order chi connectivity index (χ1) is 18.5. The Balaban J connectivity index is 1.76. The lowest BCUT2D eigenvalue weighted by Crippen LogP contribution is -2.38. The van der Waals surface area contributed by atoms with Crippen molar-refractivity contribution in [1.82, 2.24) is 5.32 Å². The van der Waals surface area contributed by atoms with E-state index in [9.17, 15) is 18.0 Å². The molecule has 0 amide bonds. The van der Waals surface area contributed by atoms with Gasteiger partial charge in [0.15, 0.2) is 12.1 Å². The molecule has 2 rings (SSSR count). The van der Waals surface area contributed by atoms with E-state index in [0.717, 1.165) is 35.9 Å². The van der Waals surface area contributed by atoms with Crippen LogP contribution in [-0.4, -0.2) is 64.9 Å². The SMILES string of the molecule is COC(Cc1ccc(NCCCc2cccc(OS(C)(=O)=O)c2)cc1)C(=O)OC(=O)[C@@H](N)CCCNC(=N)N. The molecule has 7 N–H and O–H groups in total. The summed E-state index contributed by atoms with van der Waals surface area (Å²) < 4.78 is 37.7. The second kappa shape index (κ2) is 15.7. The quantitative estimate of drug-likeness (QED) is 0.0493. The number of guanidine groups is 1. The van der Waals surface area contributed by atoms with E-state index in [0.29, 0.717) is 25.3 Å². The van der Waals surface area contributed by atoms with Gasteiger partial charge in [-0.25, -0.2) is 9.59 Å². The standard InChI is InChI=1S/C26H37N5O7S/c1-36-23(25(33)37-24(32)22(27)9-5-15-31-26(28)29)17-19-10-12-20(13-11-19)30-14-4-7-18-6-3-8-21(16-18)38-39(2,34)35/h3,6,8,10-13,16,22-23,30H,4-5,7,9,14-15,17,27H2,1-2H3,(H4,28,29,31)/t22-,23?/m0/s1. The third-order valence-corrected chi connectivity index (χ3v) is 6.05. The molecule has 0 spiro atoms. The van der Waals surface area contributed by atoms with Crippen LogP contribution in [0.3, 0.4) is 0 Å². The molecule has 0 aliphatic carbocycles. The summed E-state index contributed by atoms with van der Waals surface area (Å²) in [7, 11) is -2.20. The average Bonchev–Trinajstić information content (AvgIpc) is 2.87. The number of hydrogen-bond donors (Lipinski definition) is 5. The molecule has 0 fully saturated rings. The Morgan fingerprint density at radius 3 is 2.38 bits per heavy atom. The second-order valence-electron chi connectivity index (χ2n) is 8.92. The maximum Gasteiger partial charge on any atom is 0.343 e. The molecule has 2 aromatic carbocycles. The van der Waals surface area contributed by atoms with Crippen molar-refractivity contribution in [1.29, 1.82) is 5.41 Å². The van der Waals surface area contributed by atoms with Crippen molar-refractivity contribution in [2.24, 2.45) is 11.5 Å². The summed E-state index contributed by atoms with van der Waals surface area (Å²) in [4.78, 5) is 24.6. The van der Waals surface area contributed by atoms with Gasteiger partial charge in [-0.1, -0.05) is 24.3 Å². The van der Waals surface area contributed by atoms with Crippen molar-refractivity contribution < 1.29 is 31.7 Å². The molecule has 0 saturated carbocycles. The molecule has 0 aromatic heterocycles. The van der Waals surface area contributed by atoms with Crippen LogP contribution in [0.25, 0.3) is 0 Å². The number of carbonyl (C=O) groups excluding carboxylic acids is 2. The number of ether oxygens (including phenoxy) is 2. The largest absolute Gasteiger partial charge is 0.390 e. The van der Waals surface area contributed by atoms with E-state index in [1.165, 1.54) is 7.11 Å². The number of hydrogen-bond acceptors (Lipinski definition) is 10. The summed E-state index contributed by atoms with van der Waals surface area (Å²) in [5.41, 5.74) is 13.7. The molecule has 1 unspecified atom stereocenters. The highest BCUT2D eigenvalue weighted by Crippen LogP contribution is 2.17. The first-order valence-corrected chi connectivity index (χ1v) is 14.2. The van der Waals surface area contributed by atoms with Gasteiger partial charge in [0.05, 0.1) is 6.26 Å². The molecule has 0 aliphatic heterocycles. The lowest BCUT2D eigenvalue weighted by molar-refractivity contribution is -0.167. The zero-order valence-corrected chi connectivity index (χ0v) is 23.0. The first-order valence-electron chi connectivity index (χ1n) is 12.4. The van der Waals surface area contributed by atoms with Crippen molar-refractivity contribution >= 4 is 33.7 Å². The molecule has 13 heteroatoms. The minimum absolute atomic E-state index is 0.171. The van der Waals surface area contributed by atoms with Crippen molar-refractivity contribution in [3.63, 3.8) is 0 Å². The zero-order valence-electron chi connectivity index (χ0n) is 22.1. The summed E-state index contributed by atoms with van der Waals surface area (Å²) in [6.07, 6.45) is 2.54. The van der Waals surface area contributed by atoms with E-state index in [2.05, 4.69) is 10.6 Å². The van der Waals surface area contributed by atoms with Gasteiger partial charge < -0.3 is 35.8 Å². The Hall–Kier alpha value is -3.68. The molecule has 0 saturated heterocycles. The number of nitrogens with one attached hydrogen (secondary N) is 3. The fourth-order valence-electron chi connectivity index (χ4n) is 3.59. The third-order valence-electron chi connectivity index (χ3n) is 5.55. The van der Waals surface area contributed by atoms with Crippen LogP contribution in [0.1, 0.15) is 30.4 Å². The van der Waals surface area contributed by atoms with Gasteiger partial charge >= 0.3 is 22.1 Å². The normalized spacial score (nSPS) is 12.7. The number of nitrogens with two attached hydrogens (primary N) is 2. The number of rotatable bonds is 16. The van der Waals surface area contributed by atoms with Gasteiger partial charge in [-0.2, -0.15) is 8.42 Å². The van der Waals surface area contributed by atoms with E-state index in [1.807, 2.05) is 30.3 Å². The van der Waals surface area contributed by atoms with Crippen LogP contribution in [0.4, 0.5) is 5.69 Å². The molecule has 2 atom stereocenters. The fourth-order valence-corrected chi connectivity index (χ4v) is 4.05. The van der Waals surface area contributed by atoms with Gasteiger partial charge in [0.2, 0.25) is 0 Å². The highest BCUT2D eigenvalue weighted by molar-refractivity contribution is 7.86. The van der Waals surface area contributed by atoms with Gasteiger partial charge in [-0.05, 0) is 61.1 Å². The Bertz CT molecular complexity index is 1210. The molecule has 0 radical (unpaired) electrons. The Kier molecular flexibility index (Phi) is 12.7. The second-order valence-corrected chi connectivity index (χ2v) is 10.5. The van der Waals surface area contributed by atoms with Gasteiger partial charge in [0.1, 0.15) is 11.8 Å². The van der Waals surface area contributed by atoms with E-state index in [1.54, 1.807) is 18.2 Å². The molecular formula is C26H37N5O7S. The number of anilines is 1. The van der Waals surface area contributed by atoms with Crippen molar-refractivity contribution in [2.75, 3.05) is 31.8 Å². The first kappa shape index (κ1) is 31.5. The lowest BCUT2D eigenvalue weighted by atomic mass is 10.1. The van der Waals surface area contributed by atoms with E-state index < -0.39 is 34.2 Å². The zero-order chi connectivity index (χ0) is 28.8. The van der Waals surface area contributed by atoms with Gasteiger partial charge in [-0.15, -0.1) is 0 Å². The molecule has 12 nitrogen and oxygen atoms in total. The minimum Gasteiger partial charge on any atom is -0.390 e. The van der Waals surface area contributed by atoms with E-state index in [-0.39, 0.29) is 18.8 Å². The Morgan fingerprint density at radius 1 is 1.03 bits per heavy atom. The highest BCUT2D eigenvalue weighted by Gasteiger charge is 2.25. The Morgan fingerprint density at radius 2 is 1.74 bits per heavy atom. The number of methoxy groups -OCH3 is 1. The topological polar surface area (TPSA) is 196 Å². The van der Waals surface area contributed by atoms with Crippen LogP contribution in [-0.2, 0) is 42.0 Å². The van der Waals surface area contributed by atoms with E-state index >= 15 is 0 Å². The van der Waals surface area contributed by atoms with Crippen molar-refractivity contribution in [3.8, 4) is 5.75 Å². The van der Waals surface area contributed by atoms with Crippen molar-refractivity contribution in [2.45, 2.75) is 44.2 Å². The molecule has 214 valence electrons. The summed E-state index contributed by atoms with van der Waals surface area (Å²) in [6, 6.07) is 13.5. The molecule has 0 heterocycles. The van der Waals surface area contributed by atoms with Crippen LogP contribution in [0.15, 0.2) is 48.5 Å². The number of carbonyl (C=O) groups is 2. The minimum atomic E-state index is -3.56. The van der Waals surface area contributed by atoms with Crippen molar-refractivity contribution in [3.05, 3.63) is 59.7 Å². The van der Waals surface area contributed by atoms with Crippen LogP contribution < -0.4 is 26.3 Å². The lowest BCUT2D eigenvalue weighted by Gasteiger charge is -2.16. The third kappa shape index (κ3) is 12.6. The monoisotopic (exact) mass is 563 g/mol. The van der Waals surface area contributed by atoms with Crippen LogP contribution in [0.5, 0.6) is 5.75 Å². The molecular weight excluding hydrogens is 526 g/mol.